The highest BCUT2D eigenvalue weighted by Gasteiger charge is 2.22. The number of fused-ring (bicyclic) bond motifs is 2. The maximum absolute atomic E-state index is 8.21. The molecule has 0 saturated carbocycles. The predicted octanol–water partition coefficient (Wildman–Crippen LogP) is 3.58. The molecule has 4 heteroatoms. The Labute approximate surface area is 153 Å². The zero-order valence-electron chi connectivity index (χ0n) is 20.5. The van der Waals surface area contributed by atoms with Crippen LogP contribution in [-0.2, 0) is 0 Å². The van der Waals surface area contributed by atoms with Crippen LogP contribution in [0.15, 0.2) is 58.3 Å². The van der Waals surface area contributed by atoms with E-state index in [0.717, 1.165) is 21.2 Å². The molecule has 2 heterocycles. The maximum Gasteiger partial charge on any atom is 0.0552 e. The van der Waals surface area contributed by atoms with Gasteiger partial charge in [0.1, 0.15) is 0 Å². The van der Waals surface area contributed by atoms with E-state index in [1.54, 1.807) is 11.8 Å². The normalized spacial score (nSPS) is 31.6. The minimum atomic E-state index is -2.76. The molecule has 2 aromatic rings. The molecule has 0 atom stereocenters. The van der Waals surface area contributed by atoms with Crippen molar-refractivity contribution in [3.05, 3.63) is 48.5 Å². The van der Waals surface area contributed by atoms with Crippen LogP contribution < -0.4 is 10.2 Å². The van der Waals surface area contributed by atoms with Gasteiger partial charge in [0, 0.05) is 53.3 Å². The minimum Gasteiger partial charge on any atom is -0.340 e. The average molecular weight is 334 g/mol. The van der Waals surface area contributed by atoms with Crippen LogP contribution in [0.5, 0.6) is 0 Å². The lowest BCUT2D eigenvalue weighted by Gasteiger charge is -2.34. The topological polar surface area (TPSA) is 18.5 Å². The van der Waals surface area contributed by atoms with Gasteiger partial charge in [-0.05, 0) is 37.2 Å². The second-order valence-corrected chi connectivity index (χ2v) is 6.38. The first-order valence-electron chi connectivity index (χ1n) is 11.6. The summed E-state index contributed by atoms with van der Waals surface area (Å²) in [4.78, 5) is 4.94. The SMILES string of the molecule is [2H]C1([2H])NC([2H])([2H])C([2H])([2H])N(CCCN2c3ccccc3Sc3ccccc32)C1([2H])[2H]. The molecule has 0 bridgehead atoms. The molecule has 1 fully saturated rings. The Morgan fingerprint density at radius 3 is 2.17 bits per heavy atom. The third kappa shape index (κ3) is 3.25. The Morgan fingerprint density at radius 2 is 1.52 bits per heavy atom. The van der Waals surface area contributed by atoms with Crippen LogP contribution in [-0.4, -0.2) is 44.0 Å². The highest BCUT2D eigenvalue weighted by Crippen LogP contribution is 2.47. The zero-order valence-corrected chi connectivity index (χ0v) is 13.4. The quantitative estimate of drug-likeness (QED) is 0.921. The van der Waals surface area contributed by atoms with Gasteiger partial charge in [-0.2, -0.15) is 0 Å². The van der Waals surface area contributed by atoms with Crippen LogP contribution in [0.2, 0.25) is 0 Å². The molecule has 1 saturated heterocycles. The van der Waals surface area contributed by atoms with E-state index >= 15 is 0 Å². The second-order valence-electron chi connectivity index (χ2n) is 5.29. The molecule has 0 unspecified atom stereocenters. The van der Waals surface area contributed by atoms with Gasteiger partial charge in [0.25, 0.3) is 0 Å². The van der Waals surface area contributed by atoms with Crippen molar-refractivity contribution in [2.24, 2.45) is 0 Å². The van der Waals surface area contributed by atoms with Gasteiger partial charge in [0.2, 0.25) is 0 Å². The highest BCUT2D eigenvalue weighted by atomic mass is 32.2. The Hall–Kier alpha value is -1.49. The number of nitrogens with one attached hydrogen (secondary N) is 1. The van der Waals surface area contributed by atoms with Crippen LogP contribution in [0, 0.1) is 0 Å². The van der Waals surface area contributed by atoms with E-state index in [-0.39, 0.29) is 6.54 Å². The van der Waals surface area contributed by atoms with Crippen molar-refractivity contribution in [2.75, 3.05) is 44.0 Å². The van der Waals surface area contributed by atoms with Gasteiger partial charge in [-0.3, -0.25) is 0 Å². The van der Waals surface area contributed by atoms with Crippen molar-refractivity contribution in [3.8, 4) is 0 Å². The minimum absolute atomic E-state index is 0.158. The number of nitrogens with zero attached hydrogens (tertiary/aromatic N) is 2. The van der Waals surface area contributed by atoms with Gasteiger partial charge < -0.3 is 15.1 Å². The van der Waals surface area contributed by atoms with Crippen LogP contribution in [0.4, 0.5) is 11.4 Å². The molecule has 23 heavy (non-hydrogen) atoms. The summed E-state index contributed by atoms with van der Waals surface area (Å²) >= 11 is 1.67. The number of benzene rings is 2. The molecular formula is C19H23N3S. The van der Waals surface area contributed by atoms with Crippen molar-refractivity contribution in [1.29, 1.82) is 0 Å². The molecule has 2 aliphatic heterocycles. The van der Waals surface area contributed by atoms with Crippen molar-refractivity contribution in [3.63, 3.8) is 0 Å². The van der Waals surface area contributed by atoms with E-state index in [9.17, 15) is 0 Å². The molecule has 1 N–H and O–H groups in total. The molecule has 0 amide bonds. The number of hydrogen-bond donors (Lipinski definition) is 1. The van der Waals surface area contributed by atoms with Gasteiger partial charge in [-0.25, -0.2) is 0 Å². The number of piperazine rings is 1. The second kappa shape index (κ2) is 6.95. The van der Waals surface area contributed by atoms with E-state index in [4.69, 9.17) is 11.0 Å². The van der Waals surface area contributed by atoms with Crippen LogP contribution >= 0.6 is 11.8 Å². The molecular weight excluding hydrogens is 302 g/mol. The first-order valence-corrected chi connectivity index (χ1v) is 8.41. The van der Waals surface area contributed by atoms with E-state index in [2.05, 4.69) is 4.90 Å². The molecule has 0 aromatic heterocycles. The van der Waals surface area contributed by atoms with Crippen LogP contribution in [0.1, 0.15) is 17.4 Å². The van der Waals surface area contributed by atoms with E-state index in [0.29, 0.717) is 17.9 Å². The van der Waals surface area contributed by atoms with Gasteiger partial charge in [-0.15, -0.1) is 0 Å². The first kappa shape index (κ1) is 8.56. The molecule has 3 nitrogen and oxygen atoms in total. The molecule has 2 aliphatic rings. The maximum atomic E-state index is 8.21. The summed E-state index contributed by atoms with van der Waals surface area (Å²) in [7, 11) is 0. The fourth-order valence-corrected chi connectivity index (χ4v) is 3.87. The molecule has 120 valence electrons. The summed E-state index contributed by atoms with van der Waals surface area (Å²) in [5, 5.41) is 1.87. The van der Waals surface area contributed by atoms with E-state index in [1.807, 2.05) is 53.8 Å². The lowest BCUT2D eigenvalue weighted by atomic mass is 10.2. The number of rotatable bonds is 4. The molecule has 2 aromatic carbocycles. The monoisotopic (exact) mass is 333 g/mol. The largest absolute Gasteiger partial charge is 0.340 e. The predicted molar refractivity (Wildman–Crippen MR) is 97.9 cm³/mol. The molecule has 0 radical (unpaired) electrons. The van der Waals surface area contributed by atoms with Gasteiger partial charge >= 0.3 is 0 Å². The highest BCUT2D eigenvalue weighted by molar-refractivity contribution is 7.99. The fraction of sp³-hybridized carbons (Fsp3) is 0.368. The zero-order chi connectivity index (χ0) is 22.7. The summed E-state index contributed by atoms with van der Waals surface area (Å²) in [6.45, 7) is -10.7. The average Bonchev–Trinajstić information content (AvgIpc) is 2.68. The first-order chi connectivity index (χ1) is 14.4. The Kier molecular flexibility index (Phi) is 2.59. The standard InChI is InChI=1S/C19H23N3S/c1-3-8-18-16(6-1)22(17-7-2-4-9-19(17)23-18)13-5-12-21-14-10-20-11-15-21/h1-4,6-9,20H,5,10-15H2/i10D2,11D2,14D2,15D2. The molecule has 4 rings (SSSR count). The lowest BCUT2D eigenvalue weighted by molar-refractivity contribution is 0.239. The summed E-state index contributed by atoms with van der Waals surface area (Å²) in [5.74, 6) is 0. The smallest absolute Gasteiger partial charge is 0.0552 e. The summed E-state index contributed by atoms with van der Waals surface area (Å²) < 4.78 is 64.6. The Morgan fingerprint density at radius 1 is 0.913 bits per heavy atom. The lowest BCUT2D eigenvalue weighted by Crippen LogP contribution is -2.44. The van der Waals surface area contributed by atoms with Crippen LogP contribution in [0.25, 0.3) is 0 Å². The van der Waals surface area contributed by atoms with E-state index in [1.165, 1.54) is 0 Å². The van der Waals surface area contributed by atoms with Gasteiger partial charge in [0.05, 0.1) is 11.4 Å². The molecule has 0 aliphatic carbocycles. The third-order valence-corrected chi connectivity index (χ3v) is 4.93. The Balaban J connectivity index is 1.59. The fourth-order valence-electron chi connectivity index (χ4n) is 2.77. The van der Waals surface area contributed by atoms with Crippen molar-refractivity contribution in [1.82, 2.24) is 10.2 Å². The van der Waals surface area contributed by atoms with Crippen molar-refractivity contribution in [2.45, 2.75) is 16.2 Å². The Bertz CT molecular complexity index is 913. The van der Waals surface area contributed by atoms with Crippen LogP contribution in [0.3, 0.4) is 0 Å². The number of hydrogen-bond acceptors (Lipinski definition) is 4. The summed E-state index contributed by atoms with van der Waals surface area (Å²) in [5.41, 5.74) is 2.01. The van der Waals surface area contributed by atoms with E-state index < -0.39 is 26.0 Å². The number of para-hydroxylation sites is 2. The summed E-state index contributed by atoms with van der Waals surface area (Å²) in [6, 6.07) is 15.9. The van der Waals surface area contributed by atoms with Crippen molar-refractivity contribution < 1.29 is 11.0 Å². The van der Waals surface area contributed by atoms with Crippen molar-refractivity contribution >= 4 is 23.1 Å². The van der Waals surface area contributed by atoms with Gasteiger partial charge in [-0.1, -0.05) is 36.0 Å². The molecule has 0 spiro atoms. The van der Waals surface area contributed by atoms with Gasteiger partial charge in [0.15, 0.2) is 0 Å². The number of anilines is 2. The summed E-state index contributed by atoms with van der Waals surface area (Å²) in [6.07, 6.45) is 0.304. The third-order valence-electron chi connectivity index (χ3n) is 3.80.